The summed E-state index contributed by atoms with van der Waals surface area (Å²) in [6.45, 7) is 4.42. The highest BCUT2D eigenvalue weighted by molar-refractivity contribution is 5.92. The smallest absolute Gasteiger partial charge is 0.406 e. The highest BCUT2D eigenvalue weighted by Crippen LogP contribution is 2.30. The van der Waals surface area contributed by atoms with Crippen molar-refractivity contribution in [3.8, 4) is 5.75 Å². The van der Waals surface area contributed by atoms with E-state index in [1.807, 2.05) is 4.57 Å². The summed E-state index contributed by atoms with van der Waals surface area (Å²) in [5, 5.41) is 2.87. The predicted molar refractivity (Wildman–Crippen MR) is 116 cm³/mol. The maximum Gasteiger partial charge on any atom is 0.573 e. The summed E-state index contributed by atoms with van der Waals surface area (Å²) < 4.78 is 54.6. The van der Waals surface area contributed by atoms with Gasteiger partial charge in [-0.3, -0.25) is 9.78 Å². The zero-order chi connectivity index (χ0) is 24.9. The molecule has 34 heavy (non-hydrogen) atoms. The van der Waals surface area contributed by atoms with Crippen molar-refractivity contribution in [2.45, 2.75) is 45.3 Å². The first-order chi connectivity index (χ1) is 16.1. The van der Waals surface area contributed by atoms with Crippen molar-refractivity contribution in [1.29, 1.82) is 0 Å². The Hall–Kier alpha value is -3.25. The number of amides is 1. The number of benzene rings is 1. The van der Waals surface area contributed by atoms with E-state index in [0.717, 1.165) is 0 Å². The number of nitrogens with one attached hydrogen (secondary N) is 1. The molecule has 0 saturated carbocycles. The predicted octanol–water partition coefficient (Wildman–Crippen LogP) is 3.58. The Morgan fingerprint density at radius 3 is 2.59 bits per heavy atom. The summed E-state index contributed by atoms with van der Waals surface area (Å²) in [5.74, 6) is -0.459. The van der Waals surface area contributed by atoms with Crippen LogP contribution in [0.4, 0.5) is 13.2 Å². The molecule has 2 heterocycles. The Balaban J connectivity index is 2.03. The minimum Gasteiger partial charge on any atom is -0.406 e. The van der Waals surface area contributed by atoms with Gasteiger partial charge in [0, 0.05) is 39.6 Å². The number of ether oxygens (including phenoxy) is 3. The number of carbonyl (C=O) groups is 1. The number of methoxy groups -OCH3 is 2. The molecule has 0 radical (unpaired) electrons. The quantitative estimate of drug-likeness (QED) is 0.442. The summed E-state index contributed by atoms with van der Waals surface area (Å²) in [6, 6.07) is 3.20. The Labute approximate surface area is 194 Å². The van der Waals surface area contributed by atoms with Crippen molar-refractivity contribution in [1.82, 2.24) is 24.8 Å². The highest BCUT2D eigenvalue weighted by Gasteiger charge is 2.32. The summed E-state index contributed by atoms with van der Waals surface area (Å²) in [5.41, 5.74) is 1.64. The van der Waals surface area contributed by atoms with Gasteiger partial charge in [-0.25, -0.2) is 9.97 Å². The van der Waals surface area contributed by atoms with Crippen LogP contribution >= 0.6 is 0 Å². The van der Waals surface area contributed by atoms with Crippen molar-refractivity contribution in [2.24, 2.45) is 0 Å². The van der Waals surface area contributed by atoms with Gasteiger partial charge in [0.2, 0.25) is 0 Å². The van der Waals surface area contributed by atoms with Gasteiger partial charge in [-0.15, -0.1) is 13.2 Å². The molecule has 0 bridgehead atoms. The molecule has 1 N–H and O–H groups in total. The fourth-order valence-electron chi connectivity index (χ4n) is 3.42. The molecule has 0 unspecified atom stereocenters. The van der Waals surface area contributed by atoms with E-state index in [1.165, 1.54) is 37.7 Å². The van der Waals surface area contributed by atoms with Crippen LogP contribution < -0.4 is 10.1 Å². The second-order valence-corrected chi connectivity index (χ2v) is 7.60. The molecule has 2 atom stereocenters. The van der Waals surface area contributed by atoms with Crippen LogP contribution in [0.1, 0.15) is 41.4 Å². The zero-order valence-corrected chi connectivity index (χ0v) is 19.2. The number of aryl methyl sites for hydroxylation is 2. The van der Waals surface area contributed by atoms with Crippen LogP contribution in [-0.4, -0.2) is 58.7 Å². The van der Waals surface area contributed by atoms with E-state index in [2.05, 4.69) is 25.0 Å². The lowest BCUT2D eigenvalue weighted by Crippen LogP contribution is -2.38. The lowest BCUT2D eigenvalue weighted by molar-refractivity contribution is -0.274. The van der Waals surface area contributed by atoms with Gasteiger partial charge in [0.15, 0.2) is 0 Å². The van der Waals surface area contributed by atoms with Crippen molar-refractivity contribution >= 4 is 16.9 Å². The van der Waals surface area contributed by atoms with Crippen LogP contribution in [0, 0.1) is 6.92 Å². The fraction of sp³-hybridized carbons (Fsp3) is 0.455. The molecule has 3 rings (SSSR count). The first kappa shape index (κ1) is 25.4. The van der Waals surface area contributed by atoms with Crippen LogP contribution in [0.2, 0.25) is 0 Å². The van der Waals surface area contributed by atoms with E-state index in [1.54, 1.807) is 21.0 Å². The second kappa shape index (κ2) is 10.8. The molecule has 184 valence electrons. The molecule has 1 amide bonds. The van der Waals surface area contributed by atoms with Gasteiger partial charge in [0.1, 0.15) is 23.3 Å². The Morgan fingerprint density at radius 1 is 1.21 bits per heavy atom. The normalized spacial score (nSPS) is 13.6. The standard InChI is InChI=1S/C22H26F3N5O4/c1-13-11-27-17(12-26-13)21(31)29-19(14(2)33-4)20-28-16-10-15(34-22(23,24)25)6-7-18(16)30(20)8-5-9-32-3/h6-7,10-12,14,19H,5,8-9H2,1-4H3,(H,29,31)/t14-,19+/m1/s1. The average Bonchev–Trinajstić information content (AvgIpc) is 3.13. The second-order valence-electron chi connectivity index (χ2n) is 7.60. The fourth-order valence-corrected chi connectivity index (χ4v) is 3.42. The van der Waals surface area contributed by atoms with Gasteiger partial charge in [-0.2, -0.15) is 0 Å². The first-order valence-electron chi connectivity index (χ1n) is 10.5. The molecule has 0 aliphatic carbocycles. The number of halogens is 3. The van der Waals surface area contributed by atoms with Gasteiger partial charge in [0.05, 0.1) is 29.0 Å². The molecular formula is C22H26F3N5O4. The zero-order valence-electron chi connectivity index (χ0n) is 19.2. The molecule has 12 heteroatoms. The summed E-state index contributed by atoms with van der Waals surface area (Å²) >= 11 is 0. The lowest BCUT2D eigenvalue weighted by Gasteiger charge is -2.24. The summed E-state index contributed by atoms with van der Waals surface area (Å²) in [7, 11) is 3.06. The SMILES string of the molecule is COCCCn1c([C@@H](NC(=O)c2cnc(C)cn2)[C@@H](C)OC)nc2cc(OC(F)(F)F)ccc21. The van der Waals surface area contributed by atoms with Crippen LogP contribution in [-0.2, 0) is 16.0 Å². The molecule has 0 spiro atoms. The number of rotatable bonds is 10. The van der Waals surface area contributed by atoms with E-state index in [4.69, 9.17) is 9.47 Å². The third-order valence-electron chi connectivity index (χ3n) is 5.13. The van der Waals surface area contributed by atoms with Crippen molar-refractivity contribution in [3.05, 3.63) is 47.8 Å². The Morgan fingerprint density at radius 2 is 1.97 bits per heavy atom. The van der Waals surface area contributed by atoms with Gasteiger partial charge in [-0.1, -0.05) is 0 Å². The molecule has 3 aromatic rings. The third kappa shape index (κ3) is 6.20. The van der Waals surface area contributed by atoms with Crippen molar-refractivity contribution in [3.63, 3.8) is 0 Å². The number of alkyl halides is 3. The average molecular weight is 481 g/mol. The minimum atomic E-state index is -4.83. The maximum absolute atomic E-state index is 12.9. The van der Waals surface area contributed by atoms with E-state index >= 15 is 0 Å². The number of hydrogen-bond acceptors (Lipinski definition) is 7. The molecule has 1 aromatic carbocycles. The van der Waals surface area contributed by atoms with Crippen molar-refractivity contribution < 1.29 is 32.2 Å². The van der Waals surface area contributed by atoms with E-state index in [9.17, 15) is 18.0 Å². The molecule has 0 aliphatic heterocycles. The van der Waals surface area contributed by atoms with Gasteiger partial charge < -0.3 is 24.1 Å². The number of nitrogens with zero attached hydrogens (tertiary/aromatic N) is 4. The van der Waals surface area contributed by atoms with E-state index in [-0.39, 0.29) is 17.0 Å². The monoisotopic (exact) mass is 481 g/mol. The summed E-state index contributed by atoms with van der Waals surface area (Å²) in [4.78, 5) is 25.6. The molecule has 0 fully saturated rings. The van der Waals surface area contributed by atoms with Gasteiger partial charge in [0.25, 0.3) is 5.91 Å². The van der Waals surface area contributed by atoms with E-state index in [0.29, 0.717) is 36.6 Å². The topological polar surface area (TPSA) is 100 Å². The molecule has 9 nitrogen and oxygen atoms in total. The third-order valence-corrected chi connectivity index (χ3v) is 5.13. The number of fused-ring (bicyclic) bond motifs is 1. The first-order valence-corrected chi connectivity index (χ1v) is 10.5. The minimum absolute atomic E-state index is 0.113. The van der Waals surface area contributed by atoms with E-state index < -0.39 is 24.4 Å². The van der Waals surface area contributed by atoms with Gasteiger partial charge in [-0.05, 0) is 32.4 Å². The van der Waals surface area contributed by atoms with Crippen LogP contribution in [0.5, 0.6) is 5.75 Å². The number of imidazole rings is 1. The largest absolute Gasteiger partial charge is 0.573 e. The molecular weight excluding hydrogens is 455 g/mol. The number of hydrogen-bond donors (Lipinski definition) is 1. The van der Waals surface area contributed by atoms with Crippen LogP contribution in [0.3, 0.4) is 0 Å². The molecule has 2 aromatic heterocycles. The summed E-state index contributed by atoms with van der Waals surface area (Å²) in [6.07, 6.45) is -1.89. The number of aromatic nitrogens is 4. The Bertz CT molecular complexity index is 1120. The Kier molecular flexibility index (Phi) is 8.05. The van der Waals surface area contributed by atoms with Crippen LogP contribution in [0.25, 0.3) is 11.0 Å². The van der Waals surface area contributed by atoms with Gasteiger partial charge >= 0.3 is 6.36 Å². The number of carbonyl (C=O) groups excluding carboxylic acids is 1. The highest BCUT2D eigenvalue weighted by atomic mass is 19.4. The molecule has 0 aliphatic rings. The van der Waals surface area contributed by atoms with Crippen LogP contribution in [0.15, 0.2) is 30.6 Å². The van der Waals surface area contributed by atoms with Crippen molar-refractivity contribution in [2.75, 3.05) is 20.8 Å². The molecule has 0 saturated heterocycles. The maximum atomic E-state index is 12.9. The lowest BCUT2D eigenvalue weighted by atomic mass is 10.1.